The Morgan fingerprint density at radius 1 is 1.20 bits per heavy atom. The van der Waals surface area contributed by atoms with E-state index in [4.69, 9.17) is 28.3 Å². The molecule has 0 aliphatic carbocycles. The molecule has 20 heavy (non-hydrogen) atoms. The highest BCUT2D eigenvalue weighted by Gasteiger charge is 2.24. The van der Waals surface area contributed by atoms with Crippen LogP contribution in [0.2, 0.25) is 10.0 Å². The van der Waals surface area contributed by atoms with Gasteiger partial charge in [-0.15, -0.1) is 0 Å². The number of hydrogen-bond acceptors (Lipinski definition) is 3. The van der Waals surface area contributed by atoms with Gasteiger partial charge in [-0.05, 0) is 12.1 Å². The van der Waals surface area contributed by atoms with Gasteiger partial charge in [0.15, 0.2) is 0 Å². The van der Waals surface area contributed by atoms with Crippen LogP contribution in [0.25, 0.3) is 0 Å². The van der Waals surface area contributed by atoms with E-state index in [1.807, 2.05) is 0 Å². The zero-order valence-corrected chi connectivity index (χ0v) is 12.3. The summed E-state index contributed by atoms with van der Waals surface area (Å²) >= 11 is 11.6. The van der Waals surface area contributed by atoms with Crippen molar-refractivity contribution in [1.82, 2.24) is 9.80 Å². The Morgan fingerprint density at radius 3 is 2.45 bits per heavy atom. The van der Waals surface area contributed by atoms with Crippen LogP contribution in [0.15, 0.2) is 12.1 Å². The van der Waals surface area contributed by atoms with Crippen LogP contribution in [0.5, 0.6) is 0 Å². The second kappa shape index (κ2) is 6.72. The maximum absolute atomic E-state index is 13.5. The average molecular weight is 321 g/mol. The third-order valence-electron chi connectivity index (χ3n) is 3.32. The molecule has 1 heterocycles. The molecule has 1 aromatic rings. The Kier molecular flexibility index (Phi) is 5.21. The number of benzene rings is 1. The zero-order valence-electron chi connectivity index (χ0n) is 10.8. The maximum Gasteiger partial charge on any atom is 0.255 e. The number of aliphatic hydroxyl groups excluding tert-OH is 1. The second-order valence-electron chi connectivity index (χ2n) is 4.60. The smallest absolute Gasteiger partial charge is 0.255 e. The molecule has 0 atom stereocenters. The third-order valence-corrected chi connectivity index (χ3v) is 3.92. The number of hydrogen-bond donors (Lipinski definition) is 1. The summed E-state index contributed by atoms with van der Waals surface area (Å²) in [5.74, 6) is -0.951. The van der Waals surface area contributed by atoms with Crippen molar-refractivity contribution >= 4 is 29.1 Å². The van der Waals surface area contributed by atoms with Gasteiger partial charge in [0.2, 0.25) is 0 Å². The molecule has 7 heteroatoms. The van der Waals surface area contributed by atoms with Gasteiger partial charge in [-0.3, -0.25) is 9.69 Å². The standard InChI is InChI=1S/C13H15Cl2FN2O2/c14-10-8-11(15)12(16)7-9(10)13(20)18-3-1-17(2-4-18)5-6-19/h7-8,19H,1-6H2. The van der Waals surface area contributed by atoms with E-state index in [9.17, 15) is 9.18 Å². The molecular formula is C13H15Cl2FN2O2. The summed E-state index contributed by atoms with van der Waals surface area (Å²) in [4.78, 5) is 16.0. The molecule has 1 aliphatic heterocycles. The highest BCUT2D eigenvalue weighted by Crippen LogP contribution is 2.25. The summed E-state index contributed by atoms with van der Waals surface area (Å²) in [6.07, 6.45) is 0. The molecular weight excluding hydrogens is 306 g/mol. The highest BCUT2D eigenvalue weighted by molar-refractivity contribution is 6.36. The normalized spacial score (nSPS) is 16.5. The van der Waals surface area contributed by atoms with Crippen molar-refractivity contribution in [3.63, 3.8) is 0 Å². The first-order chi connectivity index (χ1) is 9.52. The lowest BCUT2D eigenvalue weighted by atomic mass is 10.1. The fraction of sp³-hybridized carbons (Fsp3) is 0.462. The van der Waals surface area contributed by atoms with Gasteiger partial charge in [0.1, 0.15) is 5.82 Å². The Hall–Kier alpha value is -0.880. The van der Waals surface area contributed by atoms with E-state index in [2.05, 4.69) is 4.90 Å². The summed E-state index contributed by atoms with van der Waals surface area (Å²) in [7, 11) is 0. The predicted octanol–water partition coefficient (Wildman–Crippen LogP) is 1.88. The van der Waals surface area contributed by atoms with E-state index >= 15 is 0 Å². The van der Waals surface area contributed by atoms with E-state index in [0.29, 0.717) is 32.7 Å². The summed E-state index contributed by atoms with van der Waals surface area (Å²) in [5.41, 5.74) is 0.129. The van der Waals surface area contributed by atoms with E-state index in [0.717, 1.165) is 6.07 Å². The Balaban J connectivity index is 2.07. The van der Waals surface area contributed by atoms with E-state index < -0.39 is 5.82 Å². The first-order valence-electron chi connectivity index (χ1n) is 6.30. The number of aliphatic hydroxyl groups is 1. The molecule has 0 bridgehead atoms. The van der Waals surface area contributed by atoms with E-state index in [1.165, 1.54) is 6.07 Å². The Morgan fingerprint density at radius 2 is 1.85 bits per heavy atom. The fourth-order valence-electron chi connectivity index (χ4n) is 2.17. The van der Waals surface area contributed by atoms with Crippen molar-refractivity contribution < 1.29 is 14.3 Å². The van der Waals surface area contributed by atoms with Crippen LogP contribution in [-0.4, -0.2) is 60.1 Å². The predicted molar refractivity (Wildman–Crippen MR) is 75.8 cm³/mol. The van der Waals surface area contributed by atoms with Gasteiger partial charge in [0, 0.05) is 32.7 Å². The quantitative estimate of drug-likeness (QED) is 0.865. The molecule has 1 N–H and O–H groups in total. The van der Waals surface area contributed by atoms with Crippen LogP contribution in [0.4, 0.5) is 4.39 Å². The van der Waals surface area contributed by atoms with Crippen LogP contribution in [0.1, 0.15) is 10.4 Å². The molecule has 0 radical (unpaired) electrons. The average Bonchev–Trinajstić information content (AvgIpc) is 2.43. The molecule has 1 amide bonds. The van der Waals surface area contributed by atoms with Gasteiger partial charge in [0.05, 0.1) is 22.2 Å². The number of amides is 1. The topological polar surface area (TPSA) is 43.8 Å². The van der Waals surface area contributed by atoms with Crippen molar-refractivity contribution in [2.75, 3.05) is 39.3 Å². The van der Waals surface area contributed by atoms with Crippen molar-refractivity contribution in [3.8, 4) is 0 Å². The minimum absolute atomic E-state index is 0.0979. The number of nitrogens with zero attached hydrogens (tertiary/aromatic N) is 2. The van der Waals surface area contributed by atoms with Gasteiger partial charge in [0.25, 0.3) is 5.91 Å². The molecule has 2 rings (SSSR count). The lowest BCUT2D eigenvalue weighted by Crippen LogP contribution is -2.49. The number of β-amino-alcohol motifs (C(OH)–C–C–N with tert-alkyl or cyclic N) is 1. The minimum Gasteiger partial charge on any atom is -0.395 e. The van der Waals surface area contributed by atoms with Crippen molar-refractivity contribution in [2.45, 2.75) is 0 Å². The van der Waals surface area contributed by atoms with Crippen molar-refractivity contribution in [2.24, 2.45) is 0 Å². The molecule has 0 saturated carbocycles. The number of rotatable bonds is 3. The number of halogens is 3. The number of carbonyl (C=O) groups excluding carboxylic acids is 1. The van der Waals surface area contributed by atoms with Crippen LogP contribution in [-0.2, 0) is 0 Å². The van der Waals surface area contributed by atoms with Gasteiger partial charge in [-0.1, -0.05) is 23.2 Å². The first kappa shape index (κ1) is 15.5. The van der Waals surface area contributed by atoms with Crippen LogP contribution < -0.4 is 0 Å². The molecule has 110 valence electrons. The third kappa shape index (κ3) is 3.41. The molecule has 0 aromatic heterocycles. The van der Waals surface area contributed by atoms with E-state index in [1.54, 1.807) is 4.90 Å². The SMILES string of the molecule is O=C(c1cc(F)c(Cl)cc1Cl)N1CCN(CCO)CC1. The molecule has 1 fully saturated rings. The summed E-state index contributed by atoms with van der Waals surface area (Å²) in [6, 6.07) is 2.32. The van der Waals surface area contributed by atoms with Crippen LogP contribution in [0.3, 0.4) is 0 Å². The van der Waals surface area contributed by atoms with Gasteiger partial charge >= 0.3 is 0 Å². The Bertz CT molecular complexity index is 505. The number of carbonyl (C=O) groups is 1. The van der Waals surface area contributed by atoms with Gasteiger partial charge in [-0.2, -0.15) is 0 Å². The van der Waals surface area contributed by atoms with Crippen LogP contribution >= 0.6 is 23.2 Å². The summed E-state index contributed by atoms with van der Waals surface area (Å²) in [6.45, 7) is 3.11. The monoisotopic (exact) mass is 320 g/mol. The van der Waals surface area contributed by atoms with Crippen molar-refractivity contribution in [3.05, 3.63) is 33.6 Å². The summed E-state index contributed by atoms with van der Waals surface area (Å²) < 4.78 is 13.5. The molecule has 0 spiro atoms. The molecule has 4 nitrogen and oxygen atoms in total. The van der Waals surface area contributed by atoms with E-state index in [-0.39, 0.29) is 28.1 Å². The summed E-state index contributed by atoms with van der Waals surface area (Å²) in [5, 5.41) is 8.92. The molecule has 1 aliphatic rings. The Labute approximate surface area is 126 Å². The number of piperazine rings is 1. The lowest BCUT2D eigenvalue weighted by molar-refractivity contribution is 0.0614. The van der Waals surface area contributed by atoms with Crippen molar-refractivity contribution in [1.29, 1.82) is 0 Å². The minimum atomic E-state index is -0.654. The largest absolute Gasteiger partial charge is 0.395 e. The first-order valence-corrected chi connectivity index (χ1v) is 7.05. The van der Waals surface area contributed by atoms with Gasteiger partial charge in [-0.25, -0.2) is 4.39 Å². The fourth-order valence-corrected chi connectivity index (χ4v) is 2.64. The van der Waals surface area contributed by atoms with Gasteiger partial charge < -0.3 is 10.0 Å². The molecule has 0 unspecified atom stereocenters. The van der Waals surface area contributed by atoms with Crippen LogP contribution in [0, 0.1) is 5.82 Å². The molecule has 1 saturated heterocycles. The zero-order chi connectivity index (χ0) is 14.7. The lowest BCUT2D eigenvalue weighted by Gasteiger charge is -2.34. The second-order valence-corrected chi connectivity index (χ2v) is 5.42. The molecule has 1 aromatic carbocycles. The maximum atomic E-state index is 13.5. The highest BCUT2D eigenvalue weighted by atomic mass is 35.5.